The quantitative estimate of drug-likeness (QED) is 0.581. The lowest BCUT2D eigenvalue weighted by Gasteiger charge is -2.19. The number of nitrogens with zero attached hydrogens (tertiary/aromatic N) is 1. The fourth-order valence-corrected chi connectivity index (χ4v) is 0.838. The number of hydrogen-bond donors (Lipinski definition) is 2. The third-order valence-corrected chi connectivity index (χ3v) is 1.67. The summed E-state index contributed by atoms with van der Waals surface area (Å²) in [4.78, 5) is 12.3. The third-order valence-electron chi connectivity index (χ3n) is 1.67. The third kappa shape index (κ3) is 3.95. The number of carboxylic acid groups (broad SMARTS) is 1. The Balaban J connectivity index is 3.71. The van der Waals surface area contributed by atoms with Gasteiger partial charge in [-0.15, -0.1) is 0 Å². The van der Waals surface area contributed by atoms with E-state index in [1.807, 2.05) is 18.7 Å². The van der Waals surface area contributed by atoms with Gasteiger partial charge >= 0.3 is 5.97 Å². The molecule has 11 heavy (non-hydrogen) atoms. The Morgan fingerprint density at radius 1 is 1.55 bits per heavy atom. The van der Waals surface area contributed by atoms with Crippen LogP contribution in [0.2, 0.25) is 0 Å². The maximum absolute atomic E-state index is 10.3. The van der Waals surface area contributed by atoms with E-state index in [4.69, 9.17) is 10.8 Å². The largest absolute Gasteiger partial charge is 0.480 e. The van der Waals surface area contributed by atoms with Gasteiger partial charge < -0.3 is 15.7 Å². The van der Waals surface area contributed by atoms with E-state index in [0.29, 0.717) is 6.54 Å². The molecule has 0 saturated carbocycles. The normalized spacial score (nSPS) is 13.5. The smallest absolute Gasteiger partial charge is 0.321 e. The SMILES string of the molecule is CCN(CC)C[C@@H](N)C(=O)O. The summed E-state index contributed by atoms with van der Waals surface area (Å²) in [6, 6.07) is -0.755. The summed E-state index contributed by atoms with van der Waals surface area (Å²) in [5, 5.41) is 8.47. The second-order valence-electron chi connectivity index (χ2n) is 2.43. The highest BCUT2D eigenvalue weighted by Gasteiger charge is 2.13. The highest BCUT2D eigenvalue weighted by molar-refractivity contribution is 5.73. The van der Waals surface area contributed by atoms with Crippen LogP contribution < -0.4 is 5.73 Å². The second kappa shape index (κ2) is 5.09. The number of rotatable bonds is 5. The molecule has 0 aliphatic rings. The summed E-state index contributed by atoms with van der Waals surface area (Å²) in [7, 11) is 0. The first-order valence-electron chi connectivity index (χ1n) is 3.82. The van der Waals surface area contributed by atoms with Crippen LogP contribution in [0.4, 0.5) is 0 Å². The summed E-state index contributed by atoms with van der Waals surface area (Å²) in [6.45, 7) is 6.09. The van der Waals surface area contributed by atoms with Gasteiger partial charge in [0.1, 0.15) is 6.04 Å². The Hall–Kier alpha value is -0.610. The molecule has 4 heteroatoms. The first-order valence-corrected chi connectivity index (χ1v) is 3.82. The Bertz CT molecular complexity index is 124. The van der Waals surface area contributed by atoms with Crippen LogP contribution in [0.3, 0.4) is 0 Å². The van der Waals surface area contributed by atoms with Crippen LogP contribution in [0.15, 0.2) is 0 Å². The van der Waals surface area contributed by atoms with Crippen LogP contribution in [0.5, 0.6) is 0 Å². The van der Waals surface area contributed by atoms with Gasteiger partial charge in [0.05, 0.1) is 0 Å². The predicted molar refractivity (Wildman–Crippen MR) is 43.4 cm³/mol. The maximum atomic E-state index is 10.3. The average molecular weight is 160 g/mol. The van der Waals surface area contributed by atoms with E-state index in [1.54, 1.807) is 0 Å². The number of nitrogens with two attached hydrogens (primary N) is 1. The van der Waals surface area contributed by atoms with Crippen LogP contribution in [0, 0.1) is 0 Å². The summed E-state index contributed by atoms with van der Waals surface area (Å²) < 4.78 is 0. The van der Waals surface area contributed by atoms with Gasteiger partial charge in [-0.1, -0.05) is 13.8 Å². The molecule has 0 amide bonds. The van der Waals surface area contributed by atoms with Crippen LogP contribution in [0.1, 0.15) is 13.8 Å². The van der Waals surface area contributed by atoms with Crippen molar-refractivity contribution in [2.45, 2.75) is 19.9 Å². The molecular formula is C7H16N2O2. The van der Waals surface area contributed by atoms with Crippen molar-refractivity contribution in [1.29, 1.82) is 0 Å². The molecule has 0 aliphatic heterocycles. The Morgan fingerprint density at radius 2 is 2.00 bits per heavy atom. The van der Waals surface area contributed by atoms with Crippen molar-refractivity contribution in [2.75, 3.05) is 19.6 Å². The molecule has 1 atom stereocenters. The zero-order valence-corrected chi connectivity index (χ0v) is 7.08. The molecule has 0 fully saturated rings. The highest BCUT2D eigenvalue weighted by atomic mass is 16.4. The molecule has 4 nitrogen and oxygen atoms in total. The van der Waals surface area contributed by atoms with E-state index in [-0.39, 0.29) is 0 Å². The predicted octanol–water partition coefficient (Wildman–Crippen LogP) is -0.260. The minimum absolute atomic E-state index is 0.433. The lowest BCUT2D eigenvalue weighted by molar-refractivity contribution is -0.138. The van der Waals surface area contributed by atoms with E-state index in [9.17, 15) is 4.79 Å². The van der Waals surface area contributed by atoms with Crippen LogP contribution in [-0.2, 0) is 4.79 Å². The summed E-state index contributed by atoms with van der Waals surface area (Å²) in [6.07, 6.45) is 0. The van der Waals surface area contributed by atoms with Gasteiger partial charge in [0.15, 0.2) is 0 Å². The van der Waals surface area contributed by atoms with Crippen LogP contribution >= 0.6 is 0 Å². The first kappa shape index (κ1) is 10.4. The van der Waals surface area contributed by atoms with Gasteiger partial charge in [0, 0.05) is 6.54 Å². The van der Waals surface area contributed by atoms with Gasteiger partial charge in [-0.2, -0.15) is 0 Å². The van der Waals surface area contributed by atoms with Crippen molar-refractivity contribution in [1.82, 2.24) is 4.90 Å². The Morgan fingerprint density at radius 3 is 2.27 bits per heavy atom. The minimum atomic E-state index is -0.933. The second-order valence-corrected chi connectivity index (χ2v) is 2.43. The van der Waals surface area contributed by atoms with E-state index < -0.39 is 12.0 Å². The fraction of sp³-hybridized carbons (Fsp3) is 0.857. The molecule has 0 aliphatic carbocycles. The molecule has 0 aromatic rings. The lowest BCUT2D eigenvalue weighted by Crippen LogP contribution is -2.42. The lowest BCUT2D eigenvalue weighted by atomic mass is 10.3. The molecule has 66 valence electrons. The van der Waals surface area contributed by atoms with Gasteiger partial charge in [0.25, 0.3) is 0 Å². The molecule has 0 radical (unpaired) electrons. The fourth-order valence-electron chi connectivity index (χ4n) is 0.838. The zero-order valence-electron chi connectivity index (χ0n) is 7.08. The van der Waals surface area contributed by atoms with E-state index in [0.717, 1.165) is 13.1 Å². The van der Waals surface area contributed by atoms with Crippen molar-refractivity contribution in [3.63, 3.8) is 0 Å². The van der Waals surface area contributed by atoms with Crippen LogP contribution in [0.25, 0.3) is 0 Å². The molecule has 0 heterocycles. The van der Waals surface area contributed by atoms with Crippen LogP contribution in [-0.4, -0.2) is 41.7 Å². The molecule has 0 bridgehead atoms. The van der Waals surface area contributed by atoms with Crippen molar-refractivity contribution in [3.8, 4) is 0 Å². The average Bonchev–Trinajstić information content (AvgIpc) is 1.99. The van der Waals surface area contributed by atoms with Crippen molar-refractivity contribution < 1.29 is 9.90 Å². The molecule has 3 N–H and O–H groups in total. The summed E-state index contributed by atoms with van der Waals surface area (Å²) in [5.74, 6) is -0.933. The molecule has 0 saturated heterocycles. The number of carboxylic acids is 1. The van der Waals surface area contributed by atoms with Gasteiger partial charge in [-0.25, -0.2) is 0 Å². The molecular weight excluding hydrogens is 144 g/mol. The maximum Gasteiger partial charge on any atom is 0.321 e. The van der Waals surface area contributed by atoms with Crippen molar-refractivity contribution in [3.05, 3.63) is 0 Å². The van der Waals surface area contributed by atoms with Gasteiger partial charge in [0.2, 0.25) is 0 Å². The monoisotopic (exact) mass is 160 g/mol. The topological polar surface area (TPSA) is 66.6 Å². The Kier molecular flexibility index (Phi) is 4.81. The zero-order chi connectivity index (χ0) is 8.85. The standard InChI is InChI=1S/C7H16N2O2/c1-3-9(4-2)5-6(8)7(10)11/h6H,3-5,8H2,1-2H3,(H,10,11)/t6-/m1/s1. The van der Waals surface area contributed by atoms with E-state index >= 15 is 0 Å². The number of carbonyl (C=O) groups is 1. The molecule has 0 aromatic heterocycles. The minimum Gasteiger partial charge on any atom is -0.480 e. The highest BCUT2D eigenvalue weighted by Crippen LogP contribution is 1.89. The number of likely N-dealkylation sites (N-methyl/N-ethyl adjacent to an activating group) is 1. The molecule has 0 rings (SSSR count). The van der Waals surface area contributed by atoms with Crippen molar-refractivity contribution >= 4 is 5.97 Å². The molecule has 0 unspecified atom stereocenters. The first-order chi connectivity index (χ1) is 5.11. The van der Waals surface area contributed by atoms with E-state index in [1.165, 1.54) is 0 Å². The number of aliphatic carboxylic acids is 1. The summed E-state index contributed by atoms with van der Waals surface area (Å²) in [5.41, 5.74) is 5.33. The molecule has 0 spiro atoms. The summed E-state index contributed by atoms with van der Waals surface area (Å²) >= 11 is 0. The number of hydrogen-bond acceptors (Lipinski definition) is 3. The van der Waals surface area contributed by atoms with Gasteiger partial charge in [-0.05, 0) is 13.1 Å². The van der Waals surface area contributed by atoms with E-state index in [2.05, 4.69) is 0 Å². The van der Waals surface area contributed by atoms with Crippen molar-refractivity contribution in [2.24, 2.45) is 5.73 Å². The van der Waals surface area contributed by atoms with Gasteiger partial charge in [-0.3, -0.25) is 4.79 Å². The Labute approximate surface area is 67.0 Å². The molecule has 0 aromatic carbocycles.